The lowest BCUT2D eigenvalue weighted by atomic mass is 10.1. The molecule has 0 bridgehead atoms. The van der Waals surface area contributed by atoms with E-state index >= 15 is 0 Å². The van der Waals surface area contributed by atoms with Gasteiger partial charge in [-0.15, -0.1) is 0 Å². The molecule has 4 nitrogen and oxygen atoms in total. The van der Waals surface area contributed by atoms with Gasteiger partial charge >= 0.3 is 0 Å². The van der Waals surface area contributed by atoms with Crippen LogP contribution in [0.2, 0.25) is 5.02 Å². The van der Waals surface area contributed by atoms with Gasteiger partial charge in [-0.25, -0.2) is 0 Å². The Kier molecular flexibility index (Phi) is 6.84. The second kappa shape index (κ2) is 8.15. The first-order valence-corrected chi connectivity index (χ1v) is 6.48. The summed E-state index contributed by atoms with van der Waals surface area (Å²) in [6, 6.07) is 4.91. The minimum absolute atomic E-state index is 0.0180. The number of hydrogen-bond acceptors (Lipinski definition) is 4. The fourth-order valence-electron chi connectivity index (χ4n) is 1.43. The summed E-state index contributed by atoms with van der Waals surface area (Å²) in [7, 11) is 1.53. The Hall–Kier alpha value is -1.10. The first-order valence-electron chi connectivity index (χ1n) is 6.10. The minimum Gasteiger partial charge on any atom is -0.495 e. The summed E-state index contributed by atoms with van der Waals surface area (Å²) in [6.07, 6.45) is 0.166. The number of benzene rings is 1. The second-order valence-electron chi connectivity index (χ2n) is 4.24. The van der Waals surface area contributed by atoms with Gasteiger partial charge in [-0.1, -0.05) is 11.6 Å². The Morgan fingerprint density at radius 3 is 2.63 bits per heavy atom. The molecule has 0 spiro atoms. The van der Waals surface area contributed by atoms with Crippen LogP contribution in [-0.4, -0.2) is 38.8 Å². The van der Waals surface area contributed by atoms with E-state index in [0.717, 1.165) is 0 Å². The van der Waals surface area contributed by atoms with Crippen LogP contribution in [-0.2, 0) is 9.47 Å². The molecule has 0 aromatic heterocycles. The number of ether oxygens (including phenoxy) is 3. The molecule has 0 N–H and O–H groups in total. The Morgan fingerprint density at radius 2 is 2.05 bits per heavy atom. The molecule has 0 aliphatic rings. The number of ketones is 1. The van der Waals surface area contributed by atoms with Gasteiger partial charge in [0.1, 0.15) is 12.4 Å². The van der Waals surface area contributed by atoms with E-state index < -0.39 is 0 Å². The molecule has 0 heterocycles. The van der Waals surface area contributed by atoms with Crippen molar-refractivity contribution < 1.29 is 19.0 Å². The average molecular weight is 287 g/mol. The van der Waals surface area contributed by atoms with Gasteiger partial charge in [0.2, 0.25) is 0 Å². The molecule has 5 heteroatoms. The molecule has 106 valence electrons. The van der Waals surface area contributed by atoms with Gasteiger partial charge < -0.3 is 14.2 Å². The van der Waals surface area contributed by atoms with Crippen molar-refractivity contribution >= 4 is 17.4 Å². The third-order valence-corrected chi connectivity index (χ3v) is 2.68. The van der Waals surface area contributed by atoms with Crippen LogP contribution in [0.4, 0.5) is 0 Å². The van der Waals surface area contributed by atoms with Crippen LogP contribution in [0.3, 0.4) is 0 Å². The van der Waals surface area contributed by atoms with E-state index in [2.05, 4.69) is 0 Å². The molecule has 0 atom stereocenters. The lowest BCUT2D eigenvalue weighted by Gasteiger charge is -2.08. The van der Waals surface area contributed by atoms with Gasteiger partial charge in [0.15, 0.2) is 5.78 Å². The zero-order chi connectivity index (χ0) is 14.3. The lowest BCUT2D eigenvalue weighted by Crippen LogP contribution is -2.14. The monoisotopic (exact) mass is 286 g/mol. The number of hydrogen-bond donors (Lipinski definition) is 0. The smallest absolute Gasteiger partial charge is 0.188 e. The van der Waals surface area contributed by atoms with Crippen molar-refractivity contribution in [3.63, 3.8) is 0 Å². The highest BCUT2D eigenvalue weighted by molar-refractivity contribution is 6.32. The number of halogens is 1. The van der Waals surface area contributed by atoms with Crippen molar-refractivity contribution in [2.75, 3.05) is 26.9 Å². The van der Waals surface area contributed by atoms with Crippen molar-refractivity contribution in [2.24, 2.45) is 0 Å². The number of rotatable bonds is 8. The summed E-state index contributed by atoms with van der Waals surface area (Å²) in [5, 5.41) is 0.413. The number of Topliss-reactive ketones (excluding diaryl/α,β-unsaturated/α-hetero) is 1. The lowest BCUT2D eigenvalue weighted by molar-refractivity contribution is 0.0208. The molecule has 0 aliphatic heterocycles. The summed E-state index contributed by atoms with van der Waals surface area (Å²) < 4.78 is 15.6. The van der Waals surface area contributed by atoms with Gasteiger partial charge in [0, 0.05) is 5.56 Å². The van der Waals surface area contributed by atoms with Crippen molar-refractivity contribution in [2.45, 2.75) is 20.0 Å². The fraction of sp³-hybridized carbons (Fsp3) is 0.500. The Morgan fingerprint density at radius 1 is 1.32 bits per heavy atom. The third-order valence-electron chi connectivity index (χ3n) is 2.39. The molecule has 0 saturated heterocycles. The highest BCUT2D eigenvalue weighted by Gasteiger charge is 2.09. The van der Waals surface area contributed by atoms with E-state index in [1.54, 1.807) is 18.2 Å². The zero-order valence-corrected chi connectivity index (χ0v) is 12.2. The van der Waals surface area contributed by atoms with Crippen LogP contribution in [0.25, 0.3) is 0 Å². The fourth-order valence-corrected chi connectivity index (χ4v) is 1.69. The van der Waals surface area contributed by atoms with E-state index in [-0.39, 0.29) is 18.5 Å². The normalized spacial score (nSPS) is 10.8. The van der Waals surface area contributed by atoms with Gasteiger partial charge in [-0.2, -0.15) is 0 Å². The standard InChI is InChI=1S/C14H19ClO4/c1-10(2)19-7-6-18-9-13(16)11-4-5-14(17-3)12(15)8-11/h4-5,8,10H,6-7,9H2,1-3H3. The predicted octanol–water partition coefficient (Wildman–Crippen LogP) is 2.97. The molecule has 0 amide bonds. The van der Waals surface area contributed by atoms with Gasteiger partial charge in [0.25, 0.3) is 0 Å². The maximum absolute atomic E-state index is 11.8. The summed E-state index contributed by atoms with van der Waals surface area (Å²) in [5.74, 6) is 0.429. The van der Waals surface area contributed by atoms with Crippen LogP contribution < -0.4 is 4.74 Å². The van der Waals surface area contributed by atoms with Crippen molar-refractivity contribution in [1.29, 1.82) is 0 Å². The molecule has 1 rings (SSSR count). The maximum atomic E-state index is 11.8. The Labute approximate surface area is 118 Å². The summed E-state index contributed by atoms with van der Waals surface area (Å²) in [5.41, 5.74) is 0.510. The van der Waals surface area contributed by atoms with Crippen molar-refractivity contribution in [1.82, 2.24) is 0 Å². The number of carbonyl (C=O) groups excluding carboxylic acids is 1. The molecule has 0 aliphatic carbocycles. The quantitative estimate of drug-likeness (QED) is 0.544. The van der Waals surface area contributed by atoms with Crippen LogP contribution >= 0.6 is 11.6 Å². The van der Waals surface area contributed by atoms with Crippen LogP contribution in [0.1, 0.15) is 24.2 Å². The molecule has 1 aromatic rings. The van der Waals surface area contributed by atoms with E-state index in [1.165, 1.54) is 7.11 Å². The highest BCUT2D eigenvalue weighted by Crippen LogP contribution is 2.25. The van der Waals surface area contributed by atoms with E-state index in [9.17, 15) is 4.79 Å². The van der Waals surface area contributed by atoms with Crippen molar-refractivity contribution in [3.8, 4) is 5.75 Å². The van der Waals surface area contributed by atoms with Crippen LogP contribution in [0.15, 0.2) is 18.2 Å². The van der Waals surface area contributed by atoms with Crippen LogP contribution in [0, 0.1) is 0 Å². The number of carbonyl (C=O) groups is 1. The molecule has 1 aromatic carbocycles. The van der Waals surface area contributed by atoms with Crippen molar-refractivity contribution in [3.05, 3.63) is 28.8 Å². The molecule has 19 heavy (non-hydrogen) atoms. The molecule has 0 radical (unpaired) electrons. The van der Waals surface area contributed by atoms with E-state index in [4.69, 9.17) is 25.8 Å². The minimum atomic E-state index is -0.117. The SMILES string of the molecule is COc1ccc(C(=O)COCCOC(C)C)cc1Cl. The summed E-state index contributed by atoms with van der Waals surface area (Å²) >= 11 is 5.95. The molecule has 0 unspecified atom stereocenters. The second-order valence-corrected chi connectivity index (χ2v) is 4.65. The van der Waals surface area contributed by atoms with E-state index in [0.29, 0.717) is 29.5 Å². The van der Waals surface area contributed by atoms with Gasteiger partial charge in [0.05, 0.1) is 31.5 Å². The maximum Gasteiger partial charge on any atom is 0.188 e. The van der Waals surface area contributed by atoms with Crippen LogP contribution in [0.5, 0.6) is 5.75 Å². The highest BCUT2D eigenvalue weighted by atomic mass is 35.5. The summed E-state index contributed by atoms with van der Waals surface area (Å²) in [4.78, 5) is 11.8. The summed E-state index contributed by atoms with van der Waals surface area (Å²) in [6.45, 7) is 4.79. The predicted molar refractivity (Wildman–Crippen MR) is 74.2 cm³/mol. The molecule has 0 fully saturated rings. The van der Waals surface area contributed by atoms with E-state index in [1.807, 2.05) is 13.8 Å². The Balaban J connectivity index is 2.39. The van der Waals surface area contributed by atoms with Gasteiger partial charge in [-0.3, -0.25) is 4.79 Å². The largest absolute Gasteiger partial charge is 0.495 e. The molecular formula is C14H19ClO4. The Bertz CT molecular complexity index is 418. The first kappa shape index (κ1) is 16.0. The topological polar surface area (TPSA) is 44.8 Å². The number of methoxy groups -OCH3 is 1. The zero-order valence-electron chi connectivity index (χ0n) is 11.4. The third kappa shape index (κ3) is 5.59. The average Bonchev–Trinajstić information content (AvgIpc) is 2.37. The molecular weight excluding hydrogens is 268 g/mol. The first-order chi connectivity index (χ1) is 9.04. The van der Waals surface area contributed by atoms with Gasteiger partial charge in [-0.05, 0) is 32.0 Å². The molecule has 0 saturated carbocycles.